The van der Waals surface area contributed by atoms with Gasteiger partial charge in [0.2, 0.25) is 0 Å². The van der Waals surface area contributed by atoms with Crippen LogP contribution in [0.5, 0.6) is 5.75 Å². The molecule has 0 saturated carbocycles. The molecular weight excluding hydrogens is 295 g/mol. The van der Waals surface area contributed by atoms with E-state index in [1.165, 1.54) is 18.7 Å². The van der Waals surface area contributed by atoms with Gasteiger partial charge in [-0.3, -0.25) is 0 Å². The Hall–Kier alpha value is -1.86. The van der Waals surface area contributed by atoms with Crippen LogP contribution in [0.3, 0.4) is 0 Å². The minimum Gasteiger partial charge on any atom is -0.504 e. The monoisotopic (exact) mass is 302 g/mol. The van der Waals surface area contributed by atoms with Gasteiger partial charge in [0, 0.05) is 11.8 Å². The minimum absolute atomic E-state index is 0.141. The van der Waals surface area contributed by atoms with Crippen molar-refractivity contribution in [1.29, 1.82) is 0 Å². The summed E-state index contributed by atoms with van der Waals surface area (Å²) in [5.74, 6) is -1.81. The van der Waals surface area contributed by atoms with Crippen molar-refractivity contribution in [1.82, 2.24) is 4.98 Å². The zero-order chi connectivity index (χ0) is 14.0. The maximum atomic E-state index is 13.3. The number of ether oxygens (including phenoxy) is 1. The molecule has 0 amide bonds. The van der Waals surface area contributed by atoms with Crippen LogP contribution in [0.15, 0.2) is 17.6 Å². The smallest absolute Gasteiger partial charge is 0.351 e. The number of benzene rings is 1. The largest absolute Gasteiger partial charge is 0.504 e. The zero-order valence-corrected chi connectivity index (χ0v) is 11.2. The van der Waals surface area contributed by atoms with Crippen molar-refractivity contribution in [2.45, 2.75) is 0 Å². The summed E-state index contributed by atoms with van der Waals surface area (Å²) >= 11 is 6.74. The third-order valence-corrected chi connectivity index (χ3v) is 3.31. The molecule has 100 valence electrons. The van der Waals surface area contributed by atoms with Crippen LogP contribution in [-0.4, -0.2) is 23.2 Å². The van der Waals surface area contributed by atoms with E-state index in [2.05, 4.69) is 15.0 Å². The van der Waals surface area contributed by atoms with Crippen LogP contribution < -0.4 is 5.32 Å². The van der Waals surface area contributed by atoms with Crippen molar-refractivity contribution in [2.75, 3.05) is 12.4 Å². The number of hydrogen-bond donors (Lipinski definition) is 2. The van der Waals surface area contributed by atoms with E-state index in [9.17, 15) is 14.3 Å². The fourth-order valence-electron chi connectivity index (χ4n) is 1.35. The number of rotatable bonds is 3. The van der Waals surface area contributed by atoms with Gasteiger partial charge in [0.25, 0.3) is 0 Å². The lowest BCUT2D eigenvalue weighted by Crippen LogP contribution is -2.03. The van der Waals surface area contributed by atoms with E-state index in [-0.39, 0.29) is 21.4 Å². The van der Waals surface area contributed by atoms with E-state index >= 15 is 0 Å². The van der Waals surface area contributed by atoms with E-state index in [0.717, 1.165) is 17.4 Å². The molecule has 0 atom stereocenters. The minimum atomic E-state index is -0.871. The molecule has 1 aromatic heterocycles. The van der Waals surface area contributed by atoms with E-state index in [1.54, 1.807) is 0 Å². The molecule has 2 aromatic rings. The number of phenols is 1. The Morgan fingerprint density at radius 3 is 2.95 bits per heavy atom. The van der Waals surface area contributed by atoms with Crippen LogP contribution in [0, 0.1) is 5.82 Å². The van der Waals surface area contributed by atoms with Gasteiger partial charge in [0.05, 0.1) is 17.6 Å². The quantitative estimate of drug-likeness (QED) is 0.673. The molecule has 0 aliphatic rings. The predicted molar refractivity (Wildman–Crippen MR) is 69.8 cm³/mol. The standard InChI is InChI=1S/C11H8ClFN2O3S/c1-18-11(17)9-10(14-4-19-9)15-5-2-6(12)8(16)7(13)3-5/h2-4,15-16H,1H3. The molecule has 0 aliphatic heterocycles. The highest BCUT2D eigenvalue weighted by Gasteiger charge is 2.16. The number of nitrogens with one attached hydrogen (secondary N) is 1. The molecule has 5 nitrogen and oxygen atoms in total. The topological polar surface area (TPSA) is 71.5 Å². The summed E-state index contributed by atoms with van der Waals surface area (Å²) in [6.45, 7) is 0. The Balaban J connectivity index is 2.32. The van der Waals surface area contributed by atoms with E-state index < -0.39 is 17.5 Å². The third kappa shape index (κ3) is 2.77. The lowest BCUT2D eigenvalue weighted by Gasteiger charge is -2.07. The second-order valence-corrected chi connectivity index (χ2v) is 4.70. The average molecular weight is 303 g/mol. The summed E-state index contributed by atoms with van der Waals surface area (Å²) < 4.78 is 17.9. The molecule has 0 bridgehead atoms. The maximum Gasteiger partial charge on any atom is 0.351 e. The molecule has 0 saturated heterocycles. The maximum absolute atomic E-state index is 13.3. The lowest BCUT2D eigenvalue weighted by atomic mass is 10.3. The van der Waals surface area contributed by atoms with Crippen molar-refractivity contribution in [3.8, 4) is 5.75 Å². The third-order valence-electron chi connectivity index (χ3n) is 2.22. The Kier molecular flexibility index (Phi) is 3.87. The van der Waals surface area contributed by atoms with E-state index in [4.69, 9.17) is 11.6 Å². The van der Waals surface area contributed by atoms with Crippen LogP contribution in [0.2, 0.25) is 5.02 Å². The van der Waals surface area contributed by atoms with Gasteiger partial charge < -0.3 is 15.2 Å². The van der Waals surface area contributed by atoms with Crippen LogP contribution in [-0.2, 0) is 4.74 Å². The predicted octanol–water partition coefficient (Wildman–Crippen LogP) is 3.17. The van der Waals surface area contributed by atoms with E-state index in [1.807, 2.05) is 0 Å². The van der Waals surface area contributed by atoms with Crippen molar-refractivity contribution >= 4 is 40.4 Å². The number of hydrogen-bond acceptors (Lipinski definition) is 6. The Bertz CT molecular complexity index is 609. The fourth-order valence-corrected chi connectivity index (χ4v) is 2.21. The number of aromatic nitrogens is 1. The average Bonchev–Trinajstić information content (AvgIpc) is 2.83. The zero-order valence-electron chi connectivity index (χ0n) is 9.61. The summed E-state index contributed by atoms with van der Waals surface area (Å²) in [4.78, 5) is 15.6. The summed E-state index contributed by atoms with van der Waals surface area (Å²) in [7, 11) is 1.25. The summed E-state index contributed by atoms with van der Waals surface area (Å²) in [6, 6.07) is 2.36. The number of carbonyl (C=O) groups is 1. The first-order chi connectivity index (χ1) is 9.02. The second kappa shape index (κ2) is 5.41. The molecule has 19 heavy (non-hydrogen) atoms. The van der Waals surface area contributed by atoms with Gasteiger partial charge in [-0.15, -0.1) is 11.3 Å². The first-order valence-electron chi connectivity index (χ1n) is 4.99. The molecule has 0 aliphatic carbocycles. The van der Waals surface area contributed by atoms with Crippen molar-refractivity contribution in [3.05, 3.63) is 33.4 Å². The number of thiazole rings is 1. The number of phenolic OH excluding ortho intramolecular Hbond substituents is 1. The summed E-state index contributed by atoms with van der Waals surface area (Å²) in [5.41, 5.74) is 1.71. The summed E-state index contributed by atoms with van der Waals surface area (Å²) in [5, 5.41) is 11.8. The number of anilines is 2. The molecule has 0 fully saturated rings. The molecule has 2 N–H and O–H groups in total. The van der Waals surface area contributed by atoms with Crippen LogP contribution in [0.25, 0.3) is 0 Å². The van der Waals surface area contributed by atoms with Gasteiger partial charge in [-0.25, -0.2) is 14.2 Å². The Morgan fingerprint density at radius 2 is 2.32 bits per heavy atom. The fraction of sp³-hybridized carbons (Fsp3) is 0.0909. The van der Waals surface area contributed by atoms with Gasteiger partial charge in [0.15, 0.2) is 22.3 Å². The number of aromatic hydroxyl groups is 1. The highest BCUT2D eigenvalue weighted by molar-refractivity contribution is 7.12. The van der Waals surface area contributed by atoms with Gasteiger partial charge in [-0.05, 0) is 6.07 Å². The van der Waals surface area contributed by atoms with Gasteiger partial charge in [0.1, 0.15) is 0 Å². The number of esters is 1. The lowest BCUT2D eigenvalue weighted by molar-refractivity contribution is 0.0607. The van der Waals surface area contributed by atoms with Crippen LogP contribution in [0.4, 0.5) is 15.9 Å². The number of halogens is 2. The number of methoxy groups -OCH3 is 1. The van der Waals surface area contributed by atoms with Crippen LogP contribution >= 0.6 is 22.9 Å². The van der Waals surface area contributed by atoms with Gasteiger partial charge >= 0.3 is 5.97 Å². The number of nitrogens with zero attached hydrogens (tertiary/aromatic N) is 1. The molecule has 1 aromatic carbocycles. The van der Waals surface area contributed by atoms with Crippen molar-refractivity contribution in [3.63, 3.8) is 0 Å². The Morgan fingerprint density at radius 1 is 1.58 bits per heavy atom. The number of carbonyl (C=O) groups excluding carboxylic acids is 1. The SMILES string of the molecule is COC(=O)c1scnc1Nc1cc(F)c(O)c(Cl)c1. The molecule has 1 heterocycles. The second-order valence-electron chi connectivity index (χ2n) is 3.44. The first-order valence-corrected chi connectivity index (χ1v) is 6.25. The molecule has 0 spiro atoms. The molecular formula is C11H8ClFN2O3S. The van der Waals surface area contributed by atoms with E-state index in [0.29, 0.717) is 0 Å². The molecule has 8 heteroatoms. The summed E-state index contributed by atoms with van der Waals surface area (Å²) in [6.07, 6.45) is 0. The molecule has 0 unspecified atom stereocenters. The van der Waals surface area contributed by atoms with Gasteiger partial charge in [-0.1, -0.05) is 11.6 Å². The highest BCUT2D eigenvalue weighted by Crippen LogP contribution is 2.32. The molecule has 0 radical (unpaired) electrons. The first kappa shape index (κ1) is 13.6. The molecule has 2 rings (SSSR count). The Labute approximate surface area is 116 Å². The normalized spacial score (nSPS) is 10.3. The van der Waals surface area contributed by atoms with Crippen molar-refractivity contribution in [2.24, 2.45) is 0 Å². The van der Waals surface area contributed by atoms with Gasteiger partial charge in [-0.2, -0.15) is 0 Å². The highest BCUT2D eigenvalue weighted by atomic mass is 35.5. The van der Waals surface area contributed by atoms with Crippen molar-refractivity contribution < 1.29 is 19.0 Å². The van der Waals surface area contributed by atoms with Crippen LogP contribution in [0.1, 0.15) is 9.67 Å².